The number of carbonyl (C=O) groups is 3. The number of alkyl halides is 1. The number of halogens is 1. The monoisotopic (exact) mass is 583 g/mol. The van der Waals surface area contributed by atoms with E-state index in [-0.39, 0.29) is 35.4 Å². The number of anilines is 1. The standard InChI is InChI=1S/C25H38FN7O8/c1-5-11(3)17(27)23(36)39-9-15(41-24(37)18(28)12(4)6-2)22(35)38-8-14-13(26)7-16(40-14)33-10-30-19-20(33)31-25(29)32-21(19)34/h10-18H,5-9,27-28H2,1-4H3,(H3,29,31,32,34)/t11-,12-,13-,14+,15-,16+,17+,18-/m0/s1. The van der Waals surface area contributed by atoms with Crippen LogP contribution in [0.15, 0.2) is 11.1 Å². The van der Waals surface area contributed by atoms with Crippen LogP contribution in [0.25, 0.3) is 11.2 Å². The molecule has 3 heterocycles. The van der Waals surface area contributed by atoms with Crippen LogP contribution in [-0.2, 0) is 33.3 Å². The second-order valence-corrected chi connectivity index (χ2v) is 10.2. The van der Waals surface area contributed by atoms with Crippen molar-refractivity contribution in [1.29, 1.82) is 0 Å². The van der Waals surface area contributed by atoms with Crippen LogP contribution in [0.2, 0.25) is 0 Å². The summed E-state index contributed by atoms with van der Waals surface area (Å²) in [5.41, 5.74) is 17.0. The maximum absolute atomic E-state index is 14.9. The van der Waals surface area contributed by atoms with Gasteiger partial charge in [0.1, 0.15) is 43.8 Å². The van der Waals surface area contributed by atoms with E-state index >= 15 is 0 Å². The Hall–Kier alpha value is -3.63. The molecule has 0 aromatic carbocycles. The van der Waals surface area contributed by atoms with E-state index in [1.54, 1.807) is 13.8 Å². The smallest absolute Gasteiger partial charge is 0.351 e. The number of H-pyrrole nitrogens is 1. The van der Waals surface area contributed by atoms with E-state index in [1.807, 2.05) is 13.8 Å². The van der Waals surface area contributed by atoms with Gasteiger partial charge >= 0.3 is 17.9 Å². The van der Waals surface area contributed by atoms with Crippen LogP contribution in [0.4, 0.5) is 10.3 Å². The molecule has 0 saturated carbocycles. The summed E-state index contributed by atoms with van der Waals surface area (Å²) in [6.45, 7) is 5.97. The van der Waals surface area contributed by atoms with Crippen molar-refractivity contribution < 1.29 is 37.7 Å². The number of ether oxygens (including phenoxy) is 4. The molecular weight excluding hydrogens is 545 g/mol. The predicted molar refractivity (Wildman–Crippen MR) is 143 cm³/mol. The summed E-state index contributed by atoms with van der Waals surface area (Å²) in [5.74, 6) is -3.36. The third-order valence-electron chi connectivity index (χ3n) is 7.27. The first-order valence-electron chi connectivity index (χ1n) is 13.4. The van der Waals surface area contributed by atoms with E-state index in [1.165, 1.54) is 10.9 Å². The number of rotatable bonds is 13. The second kappa shape index (κ2) is 13.8. The van der Waals surface area contributed by atoms with Crippen LogP contribution in [-0.4, -0.2) is 81.1 Å². The number of imidazole rings is 1. The molecule has 1 fully saturated rings. The van der Waals surface area contributed by atoms with E-state index in [2.05, 4.69) is 15.0 Å². The fourth-order valence-electron chi connectivity index (χ4n) is 4.02. The number of nitrogen functional groups attached to an aromatic ring is 1. The summed E-state index contributed by atoms with van der Waals surface area (Å²) in [6, 6.07) is -1.99. The minimum Gasteiger partial charge on any atom is -0.460 e. The van der Waals surface area contributed by atoms with Gasteiger partial charge in [-0.15, -0.1) is 0 Å². The number of nitrogens with zero attached hydrogens (tertiary/aromatic N) is 3. The Morgan fingerprint density at radius 1 is 1.12 bits per heavy atom. The Bertz CT molecular complexity index is 1290. The average Bonchev–Trinajstić information content (AvgIpc) is 3.54. The molecule has 3 rings (SSSR count). The van der Waals surface area contributed by atoms with E-state index in [0.29, 0.717) is 12.8 Å². The fourth-order valence-corrected chi connectivity index (χ4v) is 4.02. The van der Waals surface area contributed by atoms with E-state index < -0.39 is 73.4 Å². The molecule has 0 radical (unpaired) electrons. The Morgan fingerprint density at radius 3 is 2.39 bits per heavy atom. The van der Waals surface area contributed by atoms with Crippen LogP contribution >= 0.6 is 0 Å². The van der Waals surface area contributed by atoms with Crippen LogP contribution < -0.4 is 22.8 Å². The highest BCUT2D eigenvalue weighted by atomic mass is 19.1. The molecule has 0 amide bonds. The number of carbonyl (C=O) groups excluding carboxylic acids is 3. The molecule has 15 nitrogen and oxygen atoms in total. The number of aromatic amines is 1. The minimum atomic E-state index is -1.67. The molecule has 8 atom stereocenters. The number of esters is 3. The number of hydrogen-bond acceptors (Lipinski definition) is 13. The summed E-state index contributed by atoms with van der Waals surface area (Å²) >= 11 is 0. The van der Waals surface area contributed by atoms with Crippen molar-refractivity contribution >= 4 is 35.0 Å². The van der Waals surface area contributed by atoms with E-state index in [0.717, 1.165) is 0 Å². The zero-order chi connectivity index (χ0) is 30.4. The summed E-state index contributed by atoms with van der Waals surface area (Å²) in [4.78, 5) is 60.2. The molecule has 0 bridgehead atoms. The molecular formula is C25H38FN7O8. The molecule has 0 spiro atoms. The van der Waals surface area contributed by atoms with Crippen molar-refractivity contribution in [2.75, 3.05) is 18.9 Å². The number of hydrogen-bond donors (Lipinski definition) is 4. The largest absolute Gasteiger partial charge is 0.460 e. The lowest BCUT2D eigenvalue weighted by Gasteiger charge is -2.23. The van der Waals surface area contributed by atoms with Gasteiger partial charge in [-0.1, -0.05) is 40.5 Å². The molecule has 7 N–H and O–H groups in total. The third-order valence-corrected chi connectivity index (χ3v) is 7.27. The second-order valence-electron chi connectivity index (χ2n) is 10.2. The van der Waals surface area contributed by atoms with Gasteiger partial charge in [0, 0.05) is 6.42 Å². The molecule has 1 saturated heterocycles. The van der Waals surface area contributed by atoms with Gasteiger partial charge in [0.2, 0.25) is 12.1 Å². The van der Waals surface area contributed by atoms with Gasteiger partial charge in [0.05, 0.1) is 6.33 Å². The molecule has 0 aliphatic carbocycles. The van der Waals surface area contributed by atoms with Gasteiger partial charge in [0.25, 0.3) is 5.56 Å². The summed E-state index contributed by atoms with van der Waals surface area (Å²) < 4.78 is 37.6. The quantitative estimate of drug-likeness (QED) is 0.181. The van der Waals surface area contributed by atoms with Crippen molar-refractivity contribution in [3.8, 4) is 0 Å². The molecule has 0 unspecified atom stereocenters. The van der Waals surface area contributed by atoms with Gasteiger partial charge in [-0.3, -0.25) is 23.9 Å². The van der Waals surface area contributed by atoms with Gasteiger partial charge in [-0.2, -0.15) is 4.98 Å². The highest BCUT2D eigenvalue weighted by molar-refractivity contribution is 5.82. The lowest BCUT2D eigenvalue weighted by molar-refractivity contribution is -0.178. The molecule has 16 heteroatoms. The Balaban J connectivity index is 1.67. The first-order chi connectivity index (χ1) is 19.4. The maximum atomic E-state index is 14.9. The zero-order valence-corrected chi connectivity index (χ0v) is 23.4. The Morgan fingerprint density at radius 2 is 1.76 bits per heavy atom. The number of nitrogens with one attached hydrogen (secondary N) is 1. The summed E-state index contributed by atoms with van der Waals surface area (Å²) in [5, 5.41) is 0. The first-order valence-corrected chi connectivity index (χ1v) is 13.4. The third kappa shape index (κ3) is 7.56. The lowest BCUT2D eigenvalue weighted by atomic mass is 10.0. The maximum Gasteiger partial charge on any atom is 0.351 e. The van der Waals surface area contributed by atoms with Crippen molar-refractivity contribution in [3.05, 3.63) is 16.7 Å². The number of fused-ring (bicyclic) bond motifs is 1. The molecule has 1 aliphatic rings. The molecule has 41 heavy (non-hydrogen) atoms. The first kappa shape index (κ1) is 31.9. The van der Waals surface area contributed by atoms with Crippen molar-refractivity contribution in [1.82, 2.24) is 19.5 Å². The number of aromatic nitrogens is 4. The zero-order valence-electron chi connectivity index (χ0n) is 23.4. The molecule has 1 aliphatic heterocycles. The van der Waals surface area contributed by atoms with Gasteiger partial charge in [-0.25, -0.2) is 14.2 Å². The van der Waals surface area contributed by atoms with Gasteiger partial charge < -0.3 is 36.1 Å². The number of nitrogens with two attached hydrogens (primary N) is 3. The highest BCUT2D eigenvalue weighted by Crippen LogP contribution is 2.32. The van der Waals surface area contributed by atoms with Crippen LogP contribution in [0, 0.1) is 11.8 Å². The summed E-state index contributed by atoms with van der Waals surface area (Å²) in [6.07, 6.45) is -3.07. The van der Waals surface area contributed by atoms with Gasteiger partial charge in [0.15, 0.2) is 11.2 Å². The summed E-state index contributed by atoms with van der Waals surface area (Å²) in [7, 11) is 0. The van der Waals surface area contributed by atoms with Gasteiger partial charge in [-0.05, 0) is 11.8 Å². The predicted octanol–water partition coefficient (Wildman–Crippen LogP) is 0.0724. The van der Waals surface area contributed by atoms with Crippen LogP contribution in [0.1, 0.15) is 53.2 Å². The molecule has 228 valence electrons. The van der Waals surface area contributed by atoms with E-state index in [9.17, 15) is 23.6 Å². The van der Waals surface area contributed by atoms with Crippen molar-refractivity contribution in [3.63, 3.8) is 0 Å². The van der Waals surface area contributed by atoms with Crippen molar-refractivity contribution in [2.45, 2.75) is 83.6 Å². The van der Waals surface area contributed by atoms with Crippen LogP contribution in [0.5, 0.6) is 0 Å². The average molecular weight is 584 g/mol. The SMILES string of the molecule is CC[C@H](C)[C@H](N)C(=O)O[C@@H](COC(=O)[C@H](N)[C@@H](C)CC)C(=O)OC[C@H]1O[C@@H](n2cnc3c(=O)[nH]c(N)nc32)C[C@@H]1F. The topological polar surface area (TPSA) is 230 Å². The minimum absolute atomic E-state index is 0.00376. The fraction of sp³-hybridized carbons (Fsp3) is 0.680. The molecule has 2 aromatic rings. The Kier molecular flexibility index (Phi) is 10.8. The molecule has 2 aromatic heterocycles. The van der Waals surface area contributed by atoms with Crippen molar-refractivity contribution in [2.24, 2.45) is 23.3 Å². The highest BCUT2D eigenvalue weighted by Gasteiger charge is 2.39. The normalized spacial score (nSPS) is 22.5. The Labute approximate surface area is 235 Å². The van der Waals surface area contributed by atoms with E-state index in [4.69, 9.17) is 36.1 Å². The lowest BCUT2D eigenvalue weighted by Crippen LogP contribution is -2.45. The van der Waals surface area contributed by atoms with Crippen LogP contribution in [0.3, 0.4) is 0 Å².